The number of nitro groups is 1. The lowest BCUT2D eigenvalue weighted by molar-refractivity contribution is -0.384. The summed E-state index contributed by atoms with van der Waals surface area (Å²) in [5.41, 5.74) is 3.50. The fourth-order valence-electron chi connectivity index (χ4n) is 2.96. The third-order valence-electron chi connectivity index (χ3n) is 4.30. The molecule has 1 amide bonds. The highest BCUT2D eigenvalue weighted by Crippen LogP contribution is 2.29. The summed E-state index contributed by atoms with van der Waals surface area (Å²) in [5.74, 6) is 0.502. The Morgan fingerprint density at radius 3 is 2.66 bits per heavy atom. The summed E-state index contributed by atoms with van der Waals surface area (Å²) in [6, 6.07) is 17.8. The van der Waals surface area contributed by atoms with Gasteiger partial charge in [0.05, 0.1) is 15.5 Å². The molecule has 2 aromatic carbocycles. The zero-order valence-corrected chi connectivity index (χ0v) is 16.2. The van der Waals surface area contributed by atoms with Gasteiger partial charge in [-0.25, -0.2) is 4.99 Å². The molecule has 1 aliphatic heterocycles. The maximum absolute atomic E-state index is 12.0. The van der Waals surface area contributed by atoms with E-state index in [0.717, 1.165) is 34.4 Å². The van der Waals surface area contributed by atoms with Crippen LogP contribution in [0.5, 0.6) is 0 Å². The monoisotopic (exact) mass is 404 g/mol. The van der Waals surface area contributed by atoms with Crippen LogP contribution < -0.4 is 5.32 Å². The Balaban J connectivity index is 1.69. The Morgan fingerprint density at radius 2 is 1.93 bits per heavy atom. The van der Waals surface area contributed by atoms with E-state index in [4.69, 9.17) is 0 Å². The summed E-state index contributed by atoms with van der Waals surface area (Å²) in [6.07, 6.45) is 3.73. The number of amides is 1. The molecule has 3 aromatic rings. The number of carbonyl (C=O) groups is 1. The van der Waals surface area contributed by atoms with Crippen LogP contribution in [0.4, 0.5) is 16.2 Å². The number of aryl methyl sites for hydroxylation is 1. The van der Waals surface area contributed by atoms with E-state index in [2.05, 4.69) is 10.3 Å². The second-order valence-electron chi connectivity index (χ2n) is 6.40. The van der Waals surface area contributed by atoms with Crippen LogP contribution in [-0.2, 0) is 0 Å². The Labute approximate surface area is 170 Å². The summed E-state index contributed by atoms with van der Waals surface area (Å²) < 4.78 is 1.89. The van der Waals surface area contributed by atoms with Crippen molar-refractivity contribution in [3.63, 3.8) is 0 Å². The van der Waals surface area contributed by atoms with Gasteiger partial charge in [0.25, 0.3) is 10.9 Å². The summed E-state index contributed by atoms with van der Waals surface area (Å²) in [7, 11) is 0. The van der Waals surface area contributed by atoms with Crippen molar-refractivity contribution >= 4 is 40.3 Å². The zero-order valence-electron chi connectivity index (χ0n) is 15.4. The van der Waals surface area contributed by atoms with E-state index >= 15 is 0 Å². The molecule has 4 rings (SSSR count). The van der Waals surface area contributed by atoms with E-state index in [0.29, 0.717) is 10.7 Å². The highest BCUT2D eigenvalue weighted by molar-refractivity contribution is 8.18. The second-order valence-corrected chi connectivity index (χ2v) is 7.41. The molecule has 0 saturated carbocycles. The van der Waals surface area contributed by atoms with Gasteiger partial charge in [-0.1, -0.05) is 12.1 Å². The molecule has 7 nitrogen and oxygen atoms in total. The largest absolute Gasteiger partial charge is 0.317 e. The predicted molar refractivity (Wildman–Crippen MR) is 115 cm³/mol. The number of benzene rings is 2. The first-order chi connectivity index (χ1) is 14.0. The van der Waals surface area contributed by atoms with Crippen molar-refractivity contribution in [3.8, 4) is 5.69 Å². The number of carbonyl (C=O) groups excluding carboxylic acids is 1. The highest BCUT2D eigenvalue weighted by Gasteiger charge is 2.24. The normalized spacial score (nSPS) is 16.4. The zero-order chi connectivity index (χ0) is 20.4. The lowest BCUT2D eigenvalue weighted by Gasteiger charge is -2.07. The van der Waals surface area contributed by atoms with Crippen LogP contribution >= 0.6 is 11.8 Å². The first-order valence-electron chi connectivity index (χ1n) is 8.78. The van der Waals surface area contributed by atoms with Gasteiger partial charge in [0.15, 0.2) is 0 Å². The highest BCUT2D eigenvalue weighted by atomic mass is 32.2. The van der Waals surface area contributed by atoms with Crippen molar-refractivity contribution < 1.29 is 9.72 Å². The summed E-state index contributed by atoms with van der Waals surface area (Å²) in [4.78, 5) is 27.7. The molecule has 0 spiro atoms. The number of nitro benzene ring substituents is 1. The van der Waals surface area contributed by atoms with Gasteiger partial charge in [-0.05, 0) is 66.7 Å². The minimum atomic E-state index is -0.428. The van der Waals surface area contributed by atoms with E-state index in [1.54, 1.807) is 12.1 Å². The number of hydrogen-bond acceptors (Lipinski definition) is 5. The summed E-state index contributed by atoms with van der Waals surface area (Å²) in [6.45, 7) is 1.99. The maximum atomic E-state index is 12.0. The Morgan fingerprint density at radius 1 is 1.14 bits per heavy atom. The van der Waals surface area contributed by atoms with Crippen molar-refractivity contribution in [2.75, 3.05) is 0 Å². The minimum Gasteiger partial charge on any atom is -0.317 e. The van der Waals surface area contributed by atoms with Crippen molar-refractivity contribution in [1.82, 2.24) is 9.88 Å². The molecule has 0 radical (unpaired) electrons. The van der Waals surface area contributed by atoms with Crippen LogP contribution in [-0.4, -0.2) is 20.6 Å². The molecule has 0 bridgehead atoms. The van der Waals surface area contributed by atoms with Gasteiger partial charge in [0.1, 0.15) is 5.84 Å². The number of aromatic nitrogens is 1. The van der Waals surface area contributed by atoms with Gasteiger partial charge in [-0.3, -0.25) is 14.9 Å². The van der Waals surface area contributed by atoms with Gasteiger partial charge >= 0.3 is 0 Å². The number of amidine groups is 1. The smallest absolute Gasteiger partial charge is 0.289 e. The molecule has 0 unspecified atom stereocenters. The quantitative estimate of drug-likeness (QED) is 0.477. The minimum absolute atomic E-state index is 0.0366. The van der Waals surface area contributed by atoms with Crippen molar-refractivity contribution in [2.24, 2.45) is 4.99 Å². The average molecular weight is 404 g/mol. The average Bonchev–Trinajstić information content (AvgIpc) is 3.28. The van der Waals surface area contributed by atoms with Crippen molar-refractivity contribution in [3.05, 3.63) is 93.1 Å². The third kappa shape index (κ3) is 4.12. The van der Waals surface area contributed by atoms with E-state index in [-0.39, 0.29) is 10.9 Å². The summed E-state index contributed by atoms with van der Waals surface area (Å²) in [5, 5.41) is 13.5. The molecule has 1 N–H and O–H groups in total. The van der Waals surface area contributed by atoms with E-state index in [9.17, 15) is 14.9 Å². The fraction of sp³-hybridized carbons (Fsp3) is 0.0476. The standard InChI is InChI=1S/C21H16N4O3S/c1-14-4-2-5-15(12-14)22-20-19(29-21(26)23-20)13-18-6-3-11-24(18)16-7-9-17(10-8-16)25(27)28/h2-13H,1H3,(H,22,23,26)/b19-13-. The number of thioether (sulfide) groups is 1. The number of nitrogens with zero attached hydrogens (tertiary/aromatic N) is 3. The number of aliphatic imine (C=N–C) groups is 1. The Kier molecular flexibility index (Phi) is 5.01. The van der Waals surface area contributed by atoms with Crippen LogP contribution in [0.1, 0.15) is 11.3 Å². The molecular weight excluding hydrogens is 388 g/mol. The van der Waals surface area contributed by atoms with Crippen molar-refractivity contribution in [1.29, 1.82) is 0 Å². The van der Waals surface area contributed by atoms with Crippen LogP contribution in [0.2, 0.25) is 0 Å². The van der Waals surface area contributed by atoms with Gasteiger partial charge < -0.3 is 9.88 Å². The predicted octanol–water partition coefficient (Wildman–Crippen LogP) is 5.22. The molecule has 1 fully saturated rings. The molecule has 29 heavy (non-hydrogen) atoms. The first kappa shape index (κ1) is 18.7. The van der Waals surface area contributed by atoms with Gasteiger partial charge in [0, 0.05) is 29.7 Å². The molecule has 144 valence electrons. The fourth-order valence-corrected chi connectivity index (χ4v) is 3.68. The lowest BCUT2D eigenvalue weighted by Crippen LogP contribution is -2.18. The molecule has 1 aromatic heterocycles. The first-order valence-corrected chi connectivity index (χ1v) is 9.60. The summed E-state index contributed by atoms with van der Waals surface area (Å²) >= 11 is 1.08. The molecular formula is C21H16N4O3S. The molecule has 0 aliphatic carbocycles. The van der Waals surface area contributed by atoms with E-state index in [1.165, 1.54) is 12.1 Å². The van der Waals surface area contributed by atoms with E-state index < -0.39 is 4.92 Å². The molecule has 0 atom stereocenters. The van der Waals surface area contributed by atoms with Gasteiger partial charge in [-0.2, -0.15) is 0 Å². The van der Waals surface area contributed by atoms with Crippen molar-refractivity contribution in [2.45, 2.75) is 6.92 Å². The SMILES string of the molecule is Cc1cccc(N=C2NC(=O)S/C2=C\c2cccn2-c2ccc([N+](=O)[O-])cc2)c1. The second kappa shape index (κ2) is 7.76. The topological polar surface area (TPSA) is 89.5 Å². The molecule has 1 saturated heterocycles. The number of nitrogens with one attached hydrogen (secondary N) is 1. The van der Waals surface area contributed by atoms with Crippen LogP contribution in [0.15, 0.2) is 76.8 Å². The molecule has 2 heterocycles. The van der Waals surface area contributed by atoms with E-state index in [1.807, 2.05) is 60.2 Å². The maximum Gasteiger partial charge on any atom is 0.289 e. The third-order valence-corrected chi connectivity index (χ3v) is 5.12. The Hall–Kier alpha value is -3.65. The molecule has 1 aliphatic rings. The number of non-ortho nitro benzene ring substituents is 1. The number of rotatable bonds is 4. The Bertz CT molecular complexity index is 1160. The van der Waals surface area contributed by atoms with Gasteiger partial charge in [-0.15, -0.1) is 0 Å². The van der Waals surface area contributed by atoms with Gasteiger partial charge in [0.2, 0.25) is 0 Å². The number of hydrogen-bond donors (Lipinski definition) is 1. The van der Waals surface area contributed by atoms with Crippen LogP contribution in [0, 0.1) is 17.0 Å². The van der Waals surface area contributed by atoms with Crippen LogP contribution in [0.25, 0.3) is 11.8 Å². The molecule has 8 heteroatoms. The van der Waals surface area contributed by atoms with Crippen LogP contribution in [0.3, 0.4) is 0 Å². The lowest BCUT2D eigenvalue weighted by atomic mass is 10.2.